The number of carboxylic acid groups (broad SMARTS) is 1. The number of amides is 2. The first kappa shape index (κ1) is 41.0. The van der Waals surface area contributed by atoms with Gasteiger partial charge in [-0.1, -0.05) is 39.2 Å². The second kappa shape index (κ2) is 15.2. The number of carboxylic acids is 1. The van der Waals surface area contributed by atoms with Gasteiger partial charge < -0.3 is 19.4 Å². The lowest BCUT2D eigenvalue weighted by Gasteiger charge is -2.65. The van der Waals surface area contributed by atoms with Gasteiger partial charge in [-0.25, -0.2) is 9.59 Å². The molecule has 1 heterocycles. The Morgan fingerprint density at radius 1 is 0.778 bits per heavy atom. The van der Waals surface area contributed by atoms with Crippen LogP contribution in [0.15, 0.2) is 30.3 Å². The number of ether oxygens (including phenoxy) is 2. The van der Waals surface area contributed by atoms with Crippen LogP contribution in [-0.4, -0.2) is 66.2 Å². The maximum atomic E-state index is 13.8. The summed E-state index contributed by atoms with van der Waals surface area (Å²) in [7, 11) is -4.07. The van der Waals surface area contributed by atoms with Crippen molar-refractivity contribution in [3.63, 3.8) is 0 Å². The van der Waals surface area contributed by atoms with Gasteiger partial charge in [-0.05, 0) is 121 Å². The lowest BCUT2D eigenvalue weighted by atomic mass is 10.1. The van der Waals surface area contributed by atoms with Crippen LogP contribution in [0.4, 0.5) is 9.59 Å². The van der Waals surface area contributed by atoms with Crippen molar-refractivity contribution in [2.24, 2.45) is 0 Å². The second-order valence-electron chi connectivity index (χ2n) is 15.5. The number of benzene rings is 1. The van der Waals surface area contributed by atoms with Crippen molar-refractivity contribution < 1.29 is 29.0 Å². The van der Waals surface area contributed by atoms with Crippen LogP contribution in [0.1, 0.15) is 121 Å². The number of hydrogen-bond acceptors (Lipinski definition) is 10. The zero-order valence-electron chi connectivity index (χ0n) is 30.2. The zero-order valence-corrected chi connectivity index (χ0v) is 32.0. The minimum absolute atomic E-state index is 0.191. The predicted octanol–water partition coefficient (Wildman–Crippen LogP) is 6.83. The third-order valence-corrected chi connectivity index (χ3v) is 14.7. The van der Waals surface area contributed by atoms with Gasteiger partial charge in [-0.15, -0.1) is 5.09 Å². The zero-order chi connectivity index (χ0) is 35.3. The molecule has 0 unspecified atom stereocenters. The molecule has 12 nitrogen and oxygen atoms in total. The van der Waals surface area contributed by atoms with Crippen molar-refractivity contribution in [3.05, 3.63) is 35.9 Å². The standard InChI is InChI=1S/C24H52N6O4P2.C7H6O2/c1-17(2)33-19(31)25-28(20(32)34-18(3)4)36(27-22(8,9)10)29(23(11,12)13)35(26-21(5,6)7)30(36)24(14,15)16;8-7(9)6-4-2-1-3-5-6/h17-18,26-27H,1-16H3;1-5H,(H,8,9). The highest BCUT2D eigenvalue weighted by molar-refractivity contribution is 7.89. The summed E-state index contributed by atoms with van der Waals surface area (Å²) in [5.74, 6) is -1.13. The van der Waals surface area contributed by atoms with E-state index in [1.165, 1.54) is 16.9 Å². The smallest absolute Gasteiger partial charge is 0.466 e. The normalized spacial score (nSPS) is 19.7. The second-order valence-corrected chi connectivity index (χ2v) is 20.3. The highest BCUT2D eigenvalue weighted by Gasteiger charge is 2.81. The fraction of sp³-hybridized carbons (Fsp3) is 0.710. The molecule has 45 heavy (non-hydrogen) atoms. The lowest BCUT2D eigenvalue weighted by Crippen LogP contribution is -2.72. The van der Waals surface area contributed by atoms with Gasteiger partial charge in [0.25, 0.3) is 0 Å². The third kappa shape index (κ3) is 11.9. The summed E-state index contributed by atoms with van der Waals surface area (Å²) in [5, 5.41) is 17.7. The Balaban J connectivity index is 0.000000956. The first-order valence-corrected chi connectivity index (χ1v) is 18.2. The van der Waals surface area contributed by atoms with Crippen LogP contribution >= 0.6 is 16.2 Å². The van der Waals surface area contributed by atoms with Gasteiger partial charge in [0.2, 0.25) is 0 Å². The molecule has 0 aromatic heterocycles. The molecule has 1 aliphatic heterocycles. The highest BCUT2D eigenvalue weighted by Crippen LogP contribution is 2.90. The van der Waals surface area contributed by atoms with Crippen molar-refractivity contribution in [1.29, 1.82) is 0 Å². The molecule has 3 N–H and O–H groups in total. The van der Waals surface area contributed by atoms with Crippen LogP contribution < -0.4 is 20.7 Å². The molecule has 0 radical (unpaired) electrons. The molecular formula is C31H58N6O6P2. The quantitative estimate of drug-likeness (QED) is 0.218. The minimum atomic E-state index is -2.99. The molecule has 0 spiro atoms. The Kier molecular flexibility index (Phi) is 13.9. The molecule has 0 saturated carbocycles. The molecule has 258 valence electrons. The molecule has 1 aromatic rings. The van der Waals surface area contributed by atoms with E-state index < -0.39 is 39.9 Å². The van der Waals surface area contributed by atoms with E-state index in [4.69, 9.17) is 9.47 Å². The summed E-state index contributed by atoms with van der Waals surface area (Å²) in [5.41, 5.74) is 1.65. The van der Waals surface area contributed by atoms with Gasteiger partial charge in [-0.2, -0.15) is 5.43 Å². The van der Waals surface area contributed by atoms with Crippen molar-refractivity contribution >= 4 is 34.4 Å². The number of hydrogen-bond donors (Lipinski definition) is 3. The molecular weight excluding hydrogens is 614 g/mol. The first-order valence-electron chi connectivity index (χ1n) is 15.3. The lowest BCUT2D eigenvalue weighted by molar-refractivity contribution is -0.255. The van der Waals surface area contributed by atoms with E-state index in [1.807, 2.05) is 0 Å². The number of hydrazine groups is 1. The van der Waals surface area contributed by atoms with Gasteiger partial charge >= 0.3 is 20.1 Å². The van der Waals surface area contributed by atoms with Crippen LogP contribution in [-0.2, 0) is 9.47 Å². The molecule has 0 atom stereocenters. The summed E-state index contributed by atoms with van der Waals surface area (Å²) < 4.78 is 17.2. The minimum Gasteiger partial charge on any atom is -0.545 e. The molecule has 1 aromatic carbocycles. The summed E-state index contributed by atoms with van der Waals surface area (Å²) in [6, 6.07) is 8.06. The molecule has 2 rings (SSSR count). The Morgan fingerprint density at radius 2 is 1.22 bits per heavy atom. The Hall–Kier alpha value is -2.07. The van der Waals surface area contributed by atoms with Crippen molar-refractivity contribution in [2.75, 3.05) is 0 Å². The van der Waals surface area contributed by atoms with E-state index in [1.54, 1.807) is 45.9 Å². The van der Waals surface area contributed by atoms with Gasteiger partial charge in [-0.3, -0.25) is 5.09 Å². The van der Waals surface area contributed by atoms with E-state index in [-0.39, 0.29) is 34.4 Å². The Labute approximate surface area is 273 Å². The SMILES string of the molecule is CC(C)OC(=O)NN(C(=O)OC(C)C)[P+]1(NC(C)(C)C)N(C(C)(C)C)P(NC(C)(C)C)N1C(C)(C)C.O=C([O-])c1ccccc1. The van der Waals surface area contributed by atoms with Crippen LogP contribution in [0.5, 0.6) is 0 Å². The Bertz CT molecular complexity index is 1120. The van der Waals surface area contributed by atoms with Crippen molar-refractivity contribution in [1.82, 2.24) is 29.3 Å². The highest BCUT2D eigenvalue weighted by atomic mass is 31.3. The molecule has 14 heteroatoms. The summed E-state index contributed by atoms with van der Waals surface area (Å²) in [6.07, 6.45) is -2.07. The Morgan fingerprint density at radius 3 is 1.53 bits per heavy atom. The summed E-state index contributed by atoms with van der Waals surface area (Å²) in [6.45, 7) is 32.5. The van der Waals surface area contributed by atoms with E-state index in [0.717, 1.165) is 0 Å². The summed E-state index contributed by atoms with van der Waals surface area (Å²) in [4.78, 5) is 36.9. The van der Waals surface area contributed by atoms with E-state index in [0.29, 0.717) is 0 Å². The van der Waals surface area contributed by atoms with E-state index >= 15 is 0 Å². The average molecular weight is 673 g/mol. The predicted molar refractivity (Wildman–Crippen MR) is 182 cm³/mol. The molecule has 0 bridgehead atoms. The molecule has 1 saturated heterocycles. The van der Waals surface area contributed by atoms with Crippen molar-refractivity contribution in [3.8, 4) is 0 Å². The van der Waals surface area contributed by atoms with Gasteiger partial charge in [0.05, 0.1) is 29.3 Å². The van der Waals surface area contributed by atoms with E-state index in [9.17, 15) is 19.5 Å². The maximum Gasteiger partial charge on any atom is 0.466 e. The largest absolute Gasteiger partial charge is 0.545 e. The number of nitrogens with zero attached hydrogens (tertiary/aromatic N) is 3. The van der Waals surface area contributed by atoms with Crippen LogP contribution in [0.2, 0.25) is 0 Å². The molecule has 0 aliphatic carbocycles. The monoisotopic (exact) mass is 672 g/mol. The molecule has 2 amide bonds. The maximum absolute atomic E-state index is 13.8. The van der Waals surface area contributed by atoms with Crippen LogP contribution in [0, 0.1) is 0 Å². The first-order chi connectivity index (χ1) is 20.1. The number of aromatic carboxylic acids is 1. The van der Waals surface area contributed by atoms with Gasteiger partial charge in [0.1, 0.15) is 0 Å². The average Bonchev–Trinajstić information content (AvgIpc) is 2.77. The van der Waals surface area contributed by atoms with Gasteiger partial charge in [0.15, 0.2) is 8.37 Å². The number of carbonyl (C=O) groups excluding carboxylic acids is 3. The third-order valence-electron chi connectivity index (χ3n) is 5.35. The number of rotatable bonds is 6. The number of carbonyl (C=O) groups is 3. The van der Waals surface area contributed by atoms with E-state index in [2.05, 4.69) is 108 Å². The van der Waals surface area contributed by atoms with Gasteiger partial charge in [0, 0.05) is 11.1 Å². The fourth-order valence-electron chi connectivity index (χ4n) is 4.31. The van der Waals surface area contributed by atoms with Crippen molar-refractivity contribution in [2.45, 2.75) is 145 Å². The fourth-order valence-corrected chi connectivity index (χ4v) is 13.6. The summed E-state index contributed by atoms with van der Waals surface area (Å²) >= 11 is 0. The van der Waals surface area contributed by atoms with Crippen LogP contribution in [0.3, 0.4) is 0 Å². The number of nitrogens with one attached hydrogen (secondary N) is 3. The topological polar surface area (TPSA) is 139 Å². The molecule has 1 aliphatic rings. The van der Waals surface area contributed by atoms with Crippen LogP contribution in [0.25, 0.3) is 0 Å². The molecule has 1 fully saturated rings.